The summed E-state index contributed by atoms with van der Waals surface area (Å²) in [5, 5.41) is 14.2. The van der Waals surface area contributed by atoms with E-state index in [2.05, 4.69) is 5.32 Å². The molecule has 0 saturated carbocycles. The van der Waals surface area contributed by atoms with Crippen LogP contribution in [0, 0.1) is 10.1 Å². The molecule has 1 aliphatic rings. The Labute approximate surface area is 124 Å². The van der Waals surface area contributed by atoms with Crippen LogP contribution in [0.15, 0.2) is 18.2 Å². The topological polar surface area (TPSA) is 73.6 Å². The van der Waals surface area contributed by atoms with E-state index in [1.165, 1.54) is 6.07 Å². The van der Waals surface area contributed by atoms with Crippen LogP contribution >= 0.6 is 0 Å². The number of nitrogens with one attached hydrogen (secondary N) is 1. The quantitative estimate of drug-likeness (QED) is 0.588. The number of nitrogens with zero attached hydrogens (tertiary/aromatic N) is 1. The van der Waals surface area contributed by atoms with Crippen molar-refractivity contribution in [1.29, 1.82) is 0 Å². The van der Waals surface area contributed by atoms with Gasteiger partial charge in [-0.05, 0) is 31.7 Å². The van der Waals surface area contributed by atoms with Gasteiger partial charge in [0.05, 0.1) is 17.6 Å². The van der Waals surface area contributed by atoms with Crippen molar-refractivity contribution in [3.05, 3.63) is 28.3 Å². The highest BCUT2D eigenvalue weighted by Crippen LogP contribution is 2.30. The summed E-state index contributed by atoms with van der Waals surface area (Å²) < 4.78 is 11.0. The molecule has 6 heteroatoms. The molecule has 21 heavy (non-hydrogen) atoms. The molecule has 1 aliphatic heterocycles. The lowest BCUT2D eigenvalue weighted by molar-refractivity contribution is -0.385. The zero-order chi connectivity index (χ0) is 15.1. The maximum absolute atomic E-state index is 11.0. The van der Waals surface area contributed by atoms with Crippen molar-refractivity contribution in [2.75, 3.05) is 25.1 Å². The summed E-state index contributed by atoms with van der Waals surface area (Å²) in [5.41, 5.74) is 0.845. The molecular formula is C15H22N2O4. The highest BCUT2D eigenvalue weighted by molar-refractivity contribution is 5.58. The first-order valence-corrected chi connectivity index (χ1v) is 7.47. The Bertz CT molecular complexity index is 473. The molecule has 0 bridgehead atoms. The molecular weight excluding hydrogens is 272 g/mol. The minimum Gasteiger partial charge on any atom is -0.487 e. The number of nitro benzene ring substituents is 1. The molecule has 1 unspecified atom stereocenters. The van der Waals surface area contributed by atoms with Gasteiger partial charge in [0.2, 0.25) is 0 Å². The normalized spacial score (nSPS) is 17.7. The highest BCUT2D eigenvalue weighted by Gasteiger charge is 2.17. The third-order valence-corrected chi connectivity index (χ3v) is 3.44. The third-order valence-electron chi connectivity index (χ3n) is 3.44. The molecule has 1 atom stereocenters. The Hall–Kier alpha value is -1.82. The average molecular weight is 294 g/mol. The van der Waals surface area contributed by atoms with Crippen molar-refractivity contribution < 1.29 is 14.4 Å². The second-order valence-corrected chi connectivity index (χ2v) is 5.14. The summed E-state index contributed by atoms with van der Waals surface area (Å²) in [6.07, 6.45) is 4.35. The van der Waals surface area contributed by atoms with Crippen molar-refractivity contribution in [2.24, 2.45) is 0 Å². The lowest BCUT2D eigenvalue weighted by Gasteiger charge is -2.12. The fourth-order valence-corrected chi connectivity index (χ4v) is 2.35. The van der Waals surface area contributed by atoms with Gasteiger partial charge in [0, 0.05) is 31.0 Å². The first-order chi connectivity index (χ1) is 10.2. The molecule has 2 rings (SSSR count). The standard InChI is InChI=1S/C15H22N2O4/c1-2-9-21-15-11-12(5-6-14(15)17(18)19)16-8-7-13-4-3-10-20-13/h5-6,11,13,16H,2-4,7-10H2,1H3. The van der Waals surface area contributed by atoms with E-state index < -0.39 is 4.92 Å². The predicted molar refractivity (Wildman–Crippen MR) is 81.0 cm³/mol. The van der Waals surface area contributed by atoms with E-state index in [4.69, 9.17) is 9.47 Å². The van der Waals surface area contributed by atoms with E-state index in [1.54, 1.807) is 12.1 Å². The number of hydrogen-bond acceptors (Lipinski definition) is 5. The molecule has 1 heterocycles. The molecule has 0 radical (unpaired) electrons. The number of benzene rings is 1. The first kappa shape index (κ1) is 15.6. The van der Waals surface area contributed by atoms with E-state index in [9.17, 15) is 10.1 Å². The molecule has 0 aliphatic carbocycles. The summed E-state index contributed by atoms with van der Waals surface area (Å²) in [6, 6.07) is 4.90. The molecule has 1 fully saturated rings. The molecule has 1 aromatic carbocycles. The second-order valence-electron chi connectivity index (χ2n) is 5.14. The second kappa shape index (κ2) is 7.83. The van der Waals surface area contributed by atoms with Gasteiger partial charge in [-0.25, -0.2) is 0 Å². The lowest BCUT2D eigenvalue weighted by Crippen LogP contribution is -2.12. The molecule has 1 saturated heterocycles. The van der Waals surface area contributed by atoms with Crippen molar-refractivity contribution in [3.8, 4) is 5.75 Å². The minimum absolute atomic E-state index is 0.00752. The molecule has 0 spiro atoms. The SMILES string of the molecule is CCCOc1cc(NCCC2CCCO2)ccc1[N+](=O)[O-]. The number of hydrogen-bond donors (Lipinski definition) is 1. The van der Waals surface area contributed by atoms with Crippen LogP contribution in [0.3, 0.4) is 0 Å². The fourth-order valence-electron chi connectivity index (χ4n) is 2.35. The summed E-state index contributed by atoms with van der Waals surface area (Å²) in [4.78, 5) is 10.6. The Balaban J connectivity index is 1.93. The monoisotopic (exact) mass is 294 g/mol. The van der Waals surface area contributed by atoms with Gasteiger partial charge in [0.25, 0.3) is 0 Å². The lowest BCUT2D eigenvalue weighted by atomic mass is 10.2. The zero-order valence-electron chi connectivity index (χ0n) is 12.3. The average Bonchev–Trinajstić information content (AvgIpc) is 2.98. The van der Waals surface area contributed by atoms with Gasteiger partial charge < -0.3 is 14.8 Å². The third kappa shape index (κ3) is 4.60. The van der Waals surface area contributed by atoms with Gasteiger partial charge >= 0.3 is 5.69 Å². The van der Waals surface area contributed by atoms with E-state index in [0.29, 0.717) is 18.5 Å². The molecule has 1 aromatic rings. The van der Waals surface area contributed by atoms with E-state index in [-0.39, 0.29) is 5.69 Å². The summed E-state index contributed by atoms with van der Waals surface area (Å²) >= 11 is 0. The van der Waals surface area contributed by atoms with Crippen LogP contribution in [-0.4, -0.2) is 30.8 Å². The molecule has 0 aromatic heterocycles. The van der Waals surface area contributed by atoms with Gasteiger partial charge in [-0.3, -0.25) is 10.1 Å². The van der Waals surface area contributed by atoms with Crippen LogP contribution in [-0.2, 0) is 4.74 Å². The number of rotatable bonds is 8. The minimum atomic E-state index is -0.416. The number of nitro groups is 1. The van der Waals surface area contributed by atoms with Gasteiger partial charge in [-0.2, -0.15) is 0 Å². The summed E-state index contributed by atoms with van der Waals surface area (Å²) in [6.45, 7) is 4.09. The van der Waals surface area contributed by atoms with Crippen LogP contribution in [0.2, 0.25) is 0 Å². The smallest absolute Gasteiger partial charge is 0.311 e. The maximum Gasteiger partial charge on any atom is 0.311 e. The van der Waals surface area contributed by atoms with Gasteiger partial charge in [-0.15, -0.1) is 0 Å². The molecule has 1 N–H and O–H groups in total. The maximum atomic E-state index is 11.0. The highest BCUT2D eigenvalue weighted by atomic mass is 16.6. The van der Waals surface area contributed by atoms with Crippen LogP contribution in [0.1, 0.15) is 32.6 Å². The van der Waals surface area contributed by atoms with Crippen molar-refractivity contribution in [2.45, 2.75) is 38.7 Å². The van der Waals surface area contributed by atoms with Crippen LogP contribution in [0.25, 0.3) is 0 Å². The zero-order valence-corrected chi connectivity index (χ0v) is 12.3. The Morgan fingerprint density at radius 1 is 1.52 bits per heavy atom. The van der Waals surface area contributed by atoms with Crippen LogP contribution in [0.5, 0.6) is 5.75 Å². The van der Waals surface area contributed by atoms with Crippen LogP contribution in [0.4, 0.5) is 11.4 Å². The number of anilines is 1. The van der Waals surface area contributed by atoms with E-state index in [1.807, 2.05) is 6.92 Å². The molecule has 0 amide bonds. The van der Waals surface area contributed by atoms with Crippen molar-refractivity contribution in [1.82, 2.24) is 0 Å². The van der Waals surface area contributed by atoms with Crippen LogP contribution < -0.4 is 10.1 Å². The Morgan fingerprint density at radius 3 is 3.05 bits per heavy atom. The Kier molecular flexibility index (Phi) is 5.80. The van der Waals surface area contributed by atoms with Gasteiger partial charge in [0.1, 0.15) is 0 Å². The van der Waals surface area contributed by atoms with Crippen molar-refractivity contribution >= 4 is 11.4 Å². The van der Waals surface area contributed by atoms with Gasteiger partial charge in [0.15, 0.2) is 5.75 Å². The fraction of sp³-hybridized carbons (Fsp3) is 0.600. The van der Waals surface area contributed by atoms with E-state index >= 15 is 0 Å². The van der Waals surface area contributed by atoms with Crippen molar-refractivity contribution in [3.63, 3.8) is 0 Å². The first-order valence-electron chi connectivity index (χ1n) is 7.47. The largest absolute Gasteiger partial charge is 0.487 e. The molecule has 116 valence electrons. The predicted octanol–water partition coefficient (Wildman–Crippen LogP) is 3.36. The number of ether oxygens (including phenoxy) is 2. The summed E-state index contributed by atoms with van der Waals surface area (Å²) in [5.74, 6) is 0.323. The van der Waals surface area contributed by atoms with Gasteiger partial charge in [-0.1, -0.05) is 6.92 Å². The Morgan fingerprint density at radius 2 is 2.38 bits per heavy atom. The summed E-state index contributed by atoms with van der Waals surface area (Å²) in [7, 11) is 0. The van der Waals surface area contributed by atoms with E-state index in [0.717, 1.165) is 44.5 Å². The molecule has 6 nitrogen and oxygen atoms in total.